The van der Waals surface area contributed by atoms with E-state index in [1.54, 1.807) is 6.92 Å². The average Bonchev–Trinajstić information content (AvgIpc) is 2.76. The second kappa shape index (κ2) is 5.16. The number of ether oxygens (including phenoxy) is 1. The summed E-state index contributed by atoms with van der Waals surface area (Å²) in [7, 11) is 1.51. The summed E-state index contributed by atoms with van der Waals surface area (Å²) < 4.78 is 10.1. The highest BCUT2D eigenvalue weighted by atomic mass is 16.5. The van der Waals surface area contributed by atoms with Crippen LogP contribution in [0.1, 0.15) is 29.1 Å². The molecule has 1 rings (SSSR count). The van der Waals surface area contributed by atoms with Crippen molar-refractivity contribution < 1.29 is 18.7 Å². The second-order valence-electron chi connectivity index (χ2n) is 3.06. The van der Waals surface area contributed by atoms with Crippen LogP contribution in [0, 0.1) is 0 Å². The van der Waals surface area contributed by atoms with Gasteiger partial charge in [-0.2, -0.15) is 0 Å². The third-order valence-corrected chi connectivity index (χ3v) is 2.00. The molecule has 0 spiro atoms. The summed E-state index contributed by atoms with van der Waals surface area (Å²) in [5, 5.41) is 2.47. The third kappa shape index (κ3) is 2.50. The quantitative estimate of drug-likeness (QED) is 0.619. The maximum Gasteiger partial charge on any atom is 0.330 e. The van der Waals surface area contributed by atoms with E-state index in [2.05, 4.69) is 11.9 Å². The minimum absolute atomic E-state index is 0.287. The molecule has 0 radical (unpaired) electrons. The molecule has 0 aromatic carbocycles. The van der Waals surface area contributed by atoms with Gasteiger partial charge < -0.3 is 14.5 Å². The first-order chi connectivity index (χ1) is 7.60. The highest BCUT2D eigenvalue weighted by Gasteiger charge is 2.21. The van der Waals surface area contributed by atoms with Crippen molar-refractivity contribution in [1.82, 2.24) is 5.32 Å². The number of hydrogen-bond acceptors (Lipinski definition) is 4. The van der Waals surface area contributed by atoms with E-state index in [0.717, 1.165) is 6.08 Å². The van der Waals surface area contributed by atoms with Crippen LogP contribution in [-0.2, 0) is 9.53 Å². The highest BCUT2D eigenvalue weighted by molar-refractivity contribution is 5.95. The Balaban J connectivity index is 2.87. The SMILES string of the molecule is C=CC(=O)OC(C)c1occc1C(=O)NC. The Bertz CT molecular complexity index is 408. The standard InChI is InChI=1S/C11H13NO4/c1-4-9(13)16-7(2)10-8(5-6-15-10)11(14)12-3/h4-7H,1H2,2-3H3,(H,12,14). The molecule has 1 heterocycles. The molecule has 0 saturated carbocycles. The third-order valence-electron chi connectivity index (χ3n) is 2.00. The Morgan fingerprint density at radius 3 is 2.88 bits per heavy atom. The molecule has 1 amide bonds. The molecular formula is C11H13NO4. The minimum atomic E-state index is -0.632. The Labute approximate surface area is 93.1 Å². The Hall–Kier alpha value is -2.04. The molecule has 1 aromatic heterocycles. The first kappa shape index (κ1) is 12.0. The van der Waals surface area contributed by atoms with Gasteiger partial charge in [-0.25, -0.2) is 4.79 Å². The van der Waals surface area contributed by atoms with Gasteiger partial charge in [-0.1, -0.05) is 6.58 Å². The lowest BCUT2D eigenvalue weighted by molar-refractivity contribution is -0.143. The second-order valence-corrected chi connectivity index (χ2v) is 3.06. The minimum Gasteiger partial charge on any atom is -0.465 e. The zero-order valence-corrected chi connectivity index (χ0v) is 9.15. The van der Waals surface area contributed by atoms with Crippen molar-refractivity contribution in [3.63, 3.8) is 0 Å². The van der Waals surface area contributed by atoms with Gasteiger partial charge in [-0.05, 0) is 13.0 Å². The van der Waals surface area contributed by atoms with Crippen molar-refractivity contribution in [2.45, 2.75) is 13.0 Å². The molecule has 1 aromatic rings. The maximum atomic E-state index is 11.4. The topological polar surface area (TPSA) is 68.5 Å². The van der Waals surface area contributed by atoms with Crippen molar-refractivity contribution in [3.8, 4) is 0 Å². The first-order valence-corrected chi connectivity index (χ1v) is 4.72. The molecule has 86 valence electrons. The number of hydrogen-bond donors (Lipinski definition) is 1. The first-order valence-electron chi connectivity index (χ1n) is 4.72. The molecule has 16 heavy (non-hydrogen) atoms. The van der Waals surface area contributed by atoms with Crippen molar-refractivity contribution in [2.75, 3.05) is 7.05 Å². The van der Waals surface area contributed by atoms with Crippen molar-refractivity contribution in [3.05, 3.63) is 36.3 Å². The Morgan fingerprint density at radius 2 is 2.31 bits per heavy atom. The van der Waals surface area contributed by atoms with Crippen molar-refractivity contribution >= 4 is 11.9 Å². The molecule has 1 unspecified atom stereocenters. The van der Waals surface area contributed by atoms with E-state index < -0.39 is 12.1 Å². The molecular weight excluding hydrogens is 210 g/mol. The van der Waals surface area contributed by atoms with Gasteiger partial charge in [-0.3, -0.25) is 4.79 Å². The normalized spacial score (nSPS) is 11.6. The summed E-state index contributed by atoms with van der Waals surface area (Å²) in [5.41, 5.74) is 0.354. The fourth-order valence-electron chi connectivity index (χ4n) is 1.23. The molecule has 0 bridgehead atoms. The number of esters is 1. The van der Waals surface area contributed by atoms with Crippen LogP contribution >= 0.6 is 0 Å². The molecule has 1 atom stereocenters. The van der Waals surface area contributed by atoms with E-state index in [0.29, 0.717) is 11.3 Å². The monoisotopic (exact) mass is 223 g/mol. The summed E-state index contributed by atoms with van der Waals surface area (Å²) in [4.78, 5) is 22.4. The predicted octanol–water partition coefficient (Wildman–Crippen LogP) is 1.43. The average molecular weight is 223 g/mol. The van der Waals surface area contributed by atoms with Gasteiger partial charge in [0.1, 0.15) is 0 Å². The van der Waals surface area contributed by atoms with E-state index in [9.17, 15) is 9.59 Å². The van der Waals surface area contributed by atoms with Crippen LogP contribution in [0.3, 0.4) is 0 Å². The molecule has 0 aliphatic carbocycles. The predicted molar refractivity (Wildman–Crippen MR) is 56.8 cm³/mol. The van der Waals surface area contributed by atoms with E-state index >= 15 is 0 Å². The lowest BCUT2D eigenvalue weighted by Gasteiger charge is -2.10. The molecule has 0 saturated heterocycles. The van der Waals surface area contributed by atoms with Gasteiger partial charge in [0.25, 0.3) is 5.91 Å². The lowest BCUT2D eigenvalue weighted by Crippen LogP contribution is -2.19. The number of nitrogens with one attached hydrogen (secondary N) is 1. The molecule has 0 aliphatic heterocycles. The summed E-state index contributed by atoms with van der Waals surface area (Å²) in [5.74, 6) is -0.536. The van der Waals surface area contributed by atoms with Crippen LogP contribution in [-0.4, -0.2) is 18.9 Å². The zero-order valence-electron chi connectivity index (χ0n) is 9.15. The maximum absolute atomic E-state index is 11.4. The zero-order chi connectivity index (χ0) is 12.1. The van der Waals surface area contributed by atoms with Gasteiger partial charge in [0.05, 0.1) is 11.8 Å². The van der Waals surface area contributed by atoms with Crippen LogP contribution in [0.25, 0.3) is 0 Å². The summed E-state index contributed by atoms with van der Waals surface area (Å²) in [6, 6.07) is 1.52. The van der Waals surface area contributed by atoms with Crippen molar-refractivity contribution in [2.24, 2.45) is 0 Å². The highest BCUT2D eigenvalue weighted by Crippen LogP contribution is 2.22. The van der Waals surface area contributed by atoms with E-state index in [4.69, 9.17) is 9.15 Å². The summed E-state index contributed by atoms with van der Waals surface area (Å²) >= 11 is 0. The fraction of sp³-hybridized carbons (Fsp3) is 0.273. The number of furan rings is 1. The van der Waals surface area contributed by atoms with E-state index in [-0.39, 0.29) is 5.91 Å². The van der Waals surface area contributed by atoms with Gasteiger partial charge in [0.15, 0.2) is 11.9 Å². The smallest absolute Gasteiger partial charge is 0.330 e. The summed E-state index contributed by atoms with van der Waals surface area (Å²) in [6.07, 6.45) is 1.80. The fourth-order valence-corrected chi connectivity index (χ4v) is 1.23. The largest absolute Gasteiger partial charge is 0.465 e. The molecule has 0 aliphatic rings. The van der Waals surface area contributed by atoms with Gasteiger partial charge in [0, 0.05) is 13.1 Å². The number of carbonyl (C=O) groups excluding carboxylic acids is 2. The van der Waals surface area contributed by atoms with Crippen LogP contribution in [0.15, 0.2) is 29.4 Å². The van der Waals surface area contributed by atoms with Crippen molar-refractivity contribution in [1.29, 1.82) is 0 Å². The van der Waals surface area contributed by atoms with Crippen LogP contribution in [0.2, 0.25) is 0 Å². The number of amides is 1. The van der Waals surface area contributed by atoms with Gasteiger partial charge >= 0.3 is 5.97 Å². The molecule has 5 heteroatoms. The van der Waals surface area contributed by atoms with Crippen LogP contribution in [0.5, 0.6) is 0 Å². The summed E-state index contributed by atoms with van der Waals surface area (Å²) in [6.45, 7) is 4.90. The molecule has 1 N–H and O–H groups in total. The van der Waals surface area contributed by atoms with E-state index in [1.807, 2.05) is 0 Å². The number of carbonyl (C=O) groups is 2. The Kier molecular flexibility index (Phi) is 3.88. The number of rotatable bonds is 4. The Morgan fingerprint density at radius 1 is 1.62 bits per heavy atom. The van der Waals surface area contributed by atoms with Crippen LogP contribution < -0.4 is 5.32 Å². The molecule has 5 nitrogen and oxygen atoms in total. The lowest BCUT2D eigenvalue weighted by atomic mass is 10.2. The molecule has 0 fully saturated rings. The van der Waals surface area contributed by atoms with Gasteiger partial charge in [0.2, 0.25) is 0 Å². The van der Waals surface area contributed by atoms with Gasteiger partial charge in [-0.15, -0.1) is 0 Å². The van der Waals surface area contributed by atoms with Crippen LogP contribution in [0.4, 0.5) is 0 Å². The van der Waals surface area contributed by atoms with E-state index in [1.165, 1.54) is 19.4 Å².